The Morgan fingerprint density at radius 2 is 2.24 bits per heavy atom. The molecular formula is C20H18N4O3S2. The first-order valence-corrected chi connectivity index (χ1v) is 10.3. The van der Waals surface area contributed by atoms with E-state index in [0.29, 0.717) is 21.1 Å². The summed E-state index contributed by atoms with van der Waals surface area (Å²) in [6.45, 7) is 3.23. The largest absolute Gasteiger partial charge is 0.493 e. The maximum Gasteiger partial charge on any atom is 0.258 e. The summed E-state index contributed by atoms with van der Waals surface area (Å²) in [6, 6.07) is 9.52. The lowest BCUT2D eigenvalue weighted by Crippen LogP contribution is -2.14. The number of ether oxygens (including phenoxy) is 2. The molecule has 0 radical (unpaired) electrons. The molecule has 0 saturated carbocycles. The van der Waals surface area contributed by atoms with E-state index >= 15 is 0 Å². The number of aromatic nitrogens is 1. The fraction of sp³-hybridized carbons (Fsp3) is 0.300. The zero-order valence-corrected chi connectivity index (χ0v) is 17.3. The topological polar surface area (TPSA) is 92.1 Å². The van der Waals surface area contributed by atoms with Gasteiger partial charge in [0.15, 0.2) is 3.95 Å². The number of nitrogens with zero attached hydrogens (tertiary/aromatic N) is 4. The van der Waals surface area contributed by atoms with Gasteiger partial charge in [0.1, 0.15) is 6.07 Å². The lowest BCUT2D eigenvalue weighted by molar-refractivity contribution is 0.0948. The van der Waals surface area contributed by atoms with E-state index in [4.69, 9.17) is 21.7 Å². The second kappa shape index (κ2) is 8.29. The van der Waals surface area contributed by atoms with Crippen molar-refractivity contribution in [3.05, 3.63) is 44.5 Å². The van der Waals surface area contributed by atoms with Crippen molar-refractivity contribution >= 4 is 46.9 Å². The van der Waals surface area contributed by atoms with Gasteiger partial charge in [0.05, 0.1) is 23.2 Å². The fourth-order valence-electron chi connectivity index (χ4n) is 3.05. The van der Waals surface area contributed by atoms with Crippen molar-refractivity contribution in [2.24, 2.45) is 9.98 Å². The Hall–Kier alpha value is -2.80. The number of aromatic hydroxyl groups is 1. The predicted molar refractivity (Wildman–Crippen MR) is 114 cm³/mol. The van der Waals surface area contributed by atoms with E-state index in [1.165, 1.54) is 11.3 Å². The molecule has 2 aliphatic rings. The van der Waals surface area contributed by atoms with Crippen LogP contribution in [0.4, 0.5) is 5.69 Å². The van der Waals surface area contributed by atoms with Crippen LogP contribution in [0.25, 0.3) is 6.08 Å². The van der Waals surface area contributed by atoms with E-state index in [0.717, 1.165) is 25.0 Å². The Bertz CT molecular complexity index is 1110. The third kappa shape index (κ3) is 4.29. The van der Waals surface area contributed by atoms with Crippen LogP contribution in [-0.4, -0.2) is 34.0 Å². The van der Waals surface area contributed by atoms with Gasteiger partial charge in [0, 0.05) is 12.7 Å². The number of rotatable bonds is 4. The lowest BCUT2D eigenvalue weighted by atomic mass is 10.2. The highest BCUT2D eigenvalue weighted by Crippen LogP contribution is 2.31. The molecule has 29 heavy (non-hydrogen) atoms. The molecule has 1 atom stereocenters. The number of hydrogen-bond acceptors (Lipinski definition) is 8. The van der Waals surface area contributed by atoms with Crippen LogP contribution in [0.15, 0.2) is 40.1 Å². The number of benzene rings is 1. The summed E-state index contributed by atoms with van der Waals surface area (Å²) >= 11 is 6.64. The van der Waals surface area contributed by atoms with Crippen LogP contribution >= 0.6 is 23.6 Å². The third-order valence-corrected chi connectivity index (χ3v) is 5.94. The molecule has 148 valence electrons. The molecule has 0 spiro atoms. The minimum atomic E-state index is 0.0456. The van der Waals surface area contributed by atoms with Crippen molar-refractivity contribution in [3.63, 3.8) is 0 Å². The van der Waals surface area contributed by atoms with E-state index in [1.807, 2.05) is 37.3 Å². The summed E-state index contributed by atoms with van der Waals surface area (Å²) in [5.74, 6) is 0.358. The number of nitriles is 1. The number of aliphatic imine (C=N–C) groups is 2. The molecule has 3 heterocycles. The van der Waals surface area contributed by atoms with E-state index in [-0.39, 0.29) is 29.5 Å². The van der Waals surface area contributed by atoms with Crippen LogP contribution in [0.5, 0.6) is 5.88 Å². The highest BCUT2D eigenvalue weighted by molar-refractivity contribution is 7.73. The lowest BCUT2D eigenvalue weighted by Gasteiger charge is -2.10. The Balaban J connectivity index is 1.59. The van der Waals surface area contributed by atoms with Gasteiger partial charge < -0.3 is 14.6 Å². The summed E-state index contributed by atoms with van der Waals surface area (Å²) in [4.78, 5) is 9.04. The van der Waals surface area contributed by atoms with Gasteiger partial charge in [-0.25, -0.2) is 4.99 Å². The SMILES string of the molecule is Cc1ccc(N=C2O/C(=C/c3sc(=S)n(CC4CCCO4)c3O)N=C2C#N)cc1. The van der Waals surface area contributed by atoms with Gasteiger partial charge in [0.2, 0.25) is 17.5 Å². The minimum absolute atomic E-state index is 0.0456. The van der Waals surface area contributed by atoms with E-state index in [9.17, 15) is 10.4 Å². The van der Waals surface area contributed by atoms with Gasteiger partial charge in [-0.15, -0.1) is 11.3 Å². The van der Waals surface area contributed by atoms with Crippen molar-refractivity contribution in [1.29, 1.82) is 5.26 Å². The molecular weight excluding hydrogens is 408 g/mol. The van der Waals surface area contributed by atoms with Gasteiger partial charge >= 0.3 is 0 Å². The minimum Gasteiger partial charge on any atom is -0.493 e. The van der Waals surface area contributed by atoms with E-state index < -0.39 is 0 Å². The molecule has 9 heteroatoms. The maximum absolute atomic E-state index is 10.6. The van der Waals surface area contributed by atoms with Crippen LogP contribution in [0.3, 0.4) is 0 Å². The van der Waals surface area contributed by atoms with Crippen molar-refractivity contribution in [2.45, 2.75) is 32.4 Å². The van der Waals surface area contributed by atoms with Gasteiger partial charge in [-0.05, 0) is 44.1 Å². The monoisotopic (exact) mass is 426 g/mol. The summed E-state index contributed by atoms with van der Waals surface area (Å²) in [5.41, 5.74) is 1.86. The fourth-order valence-corrected chi connectivity index (χ4v) is 4.30. The van der Waals surface area contributed by atoms with Gasteiger partial charge in [-0.1, -0.05) is 17.7 Å². The quantitative estimate of drug-likeness (QED) is 0.727. The normalized spacial score (nSPS) is 21.4. The van der Waals surface area contributed by atoms with Crippen LogP contribution in [0.1, 0.15) is 23.3 Å². The molecule has 0 amide bonds. The van der Waals surface area contributed by atoms with Crippen molar-refractivity contribution in [3.8, 4) is 11.9 Å². The van der Waals surface area contributed by atoms with E-state index in [1.54, 1.807) is 10.6 Å². The average Bonchev–Trinajstić information content (AvgIpc) is 3.41. The first kappa shape index (κ1) is 19.5. The number of hydrogen-bond donors (Lipinski definition) is 1. The van der Waals surface area contributed by atoms with Gasteiger partial charge in [0.25, 0.3) is 5.90 Å². The van der Waals surface area contributed by atoms with E-state index in [2.05, 4.69) is 9.98 Å². The zero-order chi connectivity index (χ0) is 20.4. The van der Waals surface area contributed by atoms with Crippen LogP contribution in [0.2, 0.25) is 0 Å². The van der Waals surface area contributed by atoms with Gasteiger partial charge in [-0.2, -0.15) is 10.3 Å². The van der Waals surface area contributed by atoms with Crippen molar-refractivity contribution in [1.82, 2.24) is 4.57 Å². The molecule has 1 aromatic carbocycles. The molecule has 1 unspecified atom stereocenters. The summed E-state index contributed by atoms with van der Waals surface area (Å²) in [7, 11) is 0. The standard InChI is InChI=1S/C20H18N4O3S2/c1-12-4-6-13(7-5-12)22-18-15(10-21)23-17(27-18)9-16-19(25)24(20(28)29-16)11-14-3-2-8-26-14/h4-7,9,14,25H,2-3,8,11H2,1H3/b17-9+,22-18?. The van der Waals surface area contributed by atoms with Gasteiger partial charge in [-0.3, -0.25) is 4.57 Å². The first-order valence-electron chi connectivity index (χ1n) is 9.12. The molecule has 0 aliphatic carbocycles. The Kier molecular flexibility index (Phi) is 5.58. The molecule has 1 saturated heterocycles. The number of aryl methyl sites for hydroxylation is 1. The highest BCUT2D eigenvalue weighted by Gasteiger charge is 2.24. The van der Waals surface area contributed by atoms with Crippen molar-refractivity contribution < 1.29 is 14.6 Å². The smallest absolute Gasteiger partial charge is 0.258 e. The van der Waals surface area contributed by atoms with Crippen molar-refractivity contribution in [2.75, 3.05) is 6.61 Å². The Morgan fingerprint density at radius 3 is 2.93 bits per heavy atom. The molecule has 1 aromatic heterocycles. The first-order chi connectivity index (χ1) is 14.0. The maximum atomic E-state index is 10.6. The summed E-state index contributed by atoms with van der Waals surface area (Å²) in [6.07, 6.45) is 3.59. The van der Waals surface area contributed by atoms with Crippen LogP contribution < -0.4 is 0 Å². The molecule has 0 bridgehead atoms. The second-order valence-corrected chi connectivity index (χ2v) is 8.39. The Morgan fingerprint density at radius 1 is 1.45 bits per heavy atom. The summed E-state index contributed by atoms with van der Waals surface area (Å²) in [5, 5.41) is 19.9. The second-order valence-electron chi connectivity index (χ2n) is 6.71. The molecule has 1 N–H and O–H groups in total. The third-order valence-electron chi connectivity index (χ3n) is 4.55. The molecule has 7 nitrogen and oxygen atoms in total. The predicted octanol–water partition coefficient (Wildman–Crippen LogP) is 4.50. The molecule has 2 aromatic rings. The summed E-state index contributed by atoms with van der Waals surface area (Å²) < 4.78 is 13.5. The number of thiazole rings is 1. The highest BCUT2D eigenvalue weighted by atomic mass is 32.1. The van der Waals surface area contributed by atoms with Crippen LogP contribution in [0, 0.1) is 22.2 Å². The average molecular weight is 427 g/mol. The molecule has 2 aliphatic heterocycles. The zero-order valence-electron chi connectivity index (χ0n) is 15.7. The van der Waals surface area contributed by atoms with Crippen LogP contribution in [-0.2, 0) is 16.0 Å². The molecule has 1 fully saturated rings. The molecule has 4 rings (SSSR count). The Labute approximate surface area is 176 Å².